The lowest BCUT2D eigenvalue weighted by Crippen LogP contribution is -2.10. The molecule has 1 N–H and O–H groups in total. The molecule has 0 unspecified atom stereocenters. The molecule has 0 aliphatic heterocycles. The van der Waals surface area contributed by atoms with Gasteiger partial charge in [-0.05, 0) is 55.0 Å². The van der Waals surface area contributed by atoms with Gasteiger partial charge < -0.3 is 14.6 Å². The smallest absolute Gasteiger partial charge is 0.343 e. The molecule has 2 rings (SSSR count). The van der Waals surface area contributed by atoms with Crippen molar-refractivity contribution in [1.29, 1.82) is 0 Å². The van der Waals surface area contributed by atoms with Crippen LogP contribution in [-0.4, -0.2) is 23.0 Å². The molecular weight excluding hydrogens is 384 g/mol. The van der Waals surface area contributed by atoms with E-state index < -0.39 is 11.9 Å². The first-order chi connectivity index (χ1) is 14.5. The quantitative estimate of drug-likeness (QED) is 0.275. The number of hydrogen-bond donors (Lipinski definition) is 1. The Hall–Kier alpha value is -3.15. The lowest BCUT2D eigenvalue weighted by molar-refractivity contribution is -0.134. The Morgan fingerprint density at radius 2 is 1.20 bits per heavy atom. The third-order valence-corrected chi connectivity index (χ3v) is 4.62. The summed E-state index contributed by atoms with van der Waals surface area (Å²) < 4.78 is 10.5. The second kappa shape index (κ2) is 12.4. The van der Waals surface area contributed by atoms with Gasteiger partial charge in [0.15, 0.2) is 0 Å². The van der Waals surface area contributed by atoms with E-state index in [9.17, 15) is 14.4 Å². The molecule has 0 spiro atoms. The predicted molar refractivity (Wildman–Crippen MR) is 113 cm³/mol. The topological polar surface area (TPSA) is 89.9 Å². The Labute approximate surface area is 176 Å². The van der Waals surface area contributed by atoms with E-state index in [1.165, 1.54) is 62.1 Å². The van der Waals surface area contributed by atoms with Gasteiger partial charge >= 0.3 is 17.9 Å². The summed E-state index contributed by atoms with van der Waals surface area (Å²) >= 11 is 0. The van der Waals surface area contributed by atoms with Crippen molar-refractivity contribution in [2.75, 3.05) is 0 Å². The van der Waals surface area contributed by atoms with Crippen LogP contribution in [0.25, 0.3) is 0 Å². The van der Waals surface area contributed by atoms with Crippen LogP contribution in [0.5, 0.6) is 11.5 Å². The van der Waals surface area contributed by atoms with Crippen molar-refractivity contribution >= 4 is 17.9 Å². The largest absolute Gasteiger partial charge is 0.478 e. The fourth-order valence-corrected chi connectivity index (χ4v) is 2.90. The second-order valence-electron chi connectivity index (χ2n) is 7.09. The summed E-state index contributed by atoms with van der Waals surface area (Å²) in [6, 6.07) is 11.7. The number of rotatable bonds is 12. The molecule has 6 heteroatoms. The Bertz CT molecular complexity index is 824. The summed E-state index contributed by atoms with van der Waals surface area (Å²) in [6.07, 6.45) is 8.32. The number of carbonyl (C=O) groups excluding carboxylic acids is 2. The maximum Gasteiger partial charge on any atom is 0.343 e. The fraction of sp³-hybridized carbons (Fsp3) is 0.375. The zero-order chi connectivity index (χ0) is 21.8. The number of esters is 2. The molecule has 0 aromatic heterocycles. The zero-order valence-corrected chi connectivity index (χ0v) is 17.3. The minimum absolute atomic E-state index is 0.109. The van der Waals surface area contributed by atoms with E-state index in [4.69, 9.17) is 14.6 Å². The second-order valence-corrected chi connectivity index (χ2v) is 7.09. The number of carboxylic acid groups (broad SMARTS) is 1. The number of carbonyl (C=O) groups is 3. The van der Waals surface area contributed by atoms with E-state index in [1.54, 1.807) is 12.1 Å². The summed E-state index contributed by atoms with van der Waals surface area (Å²) in [6.45, 7) is 2.19. The molecule has 0 atom stereocenters. The molecule has 0 fully saturated rings. The number of aromatic carboxylic acids is 1. The molecular formula is C24H28O6. The highest BCUT2D eigenvalue weighted by Crippen LogP contribution is 2.18. The van der Waals surface area contributed by atoms with Gasteiger partial charge in [-0.3, -0.25) is 4.79 Å². The molecule has 0 amide bonds. The van der Waals surface area contributed by atoms with Gasteiger partial charge in [0, 0.05) is 6.42 Å². The number of carboxylic acids is 1. The van der Waals surface area contributed by atoms with Crippen LogP contribution >= 0.6 is 0 Å². The van der Waals surface area contributed by atoms with E-state index in [2.05, 4.69) is 6.92 Å². The van der Waals surface area contributed by atoms with Gasteiger partial charge in [0.25, 0.3) is 0 Å². The first-order valence-corrected chi connectivity index (χ1v) is 10.4. The minimum atomic E-state index is -1.05. The van der Waals surface area contributed by atoms with Gasteiger partial charge in [-0.1, -0.05) is 45.4 Å². The third kappa shape index (κ3) is 8.07. The van der Waals surface area contributed by atoms with Crippen LogP contribution in [0.4, 0.5) is 0 Å². The number of ether oxygens (including phenoxy) is 2. The SMILES string of the molecule is CCCCCCCCCC(=O)Oc1ccc(C(=O)Oc2ccc(C(=O)O)cc2)cc1. The Kier molecular flexibility index (Phi) is 9.58. The van der Waals surface area contributed by atoms with Gasteiger partial charge in [0.05, 0.1) is 11.1 Å². The van der Waals surface area contributed by atoms with Crippen LogP contribution in [0.1, 0.15) is 79.0 Å². The maximum atomic E-state index is 12.2. The first-order valence-electron chi connectivity index (χ1n) is 10.4. The predicted octanol–water partition coefficient (Wildman–Crippen LogP) is 5.65. The Balaban J connectivity index is 1.75. The molecule has 0 aliphatic rings. The summed E-state index contributed by atoms with van der Waals surface area (Å²) in [4.78, 5) is 35.0. The van der Waals surface area contributed by atoms with Gasteiger partial charge in [0.1, 0.15) is 11.5 Å². The zero-order valence-electron chi connectivity index (χ0n) is 17.3. The number of benzene rings is 2. The van der Waals surface area contributed by atoms with Crippen molar-refractivity contribution in [3.05, 3.63) is 59.7 Å². The molecule has 0 saturated heterocycles. The van der Waals surface area contributed by atoms with Crippen LogP contribution in [0.15, 0.2) is 48.5 Å². The molecule has 6 nitrogen and oxygen atoms in total. The molecule has 0 bridgehead atoms. The summed E-state index contributed by atoms with van der Waals surface area (Å²) in [5, 5.41) is 8.88. The minimum Gasteiger partial charge on any atom is -0.478 e. The highest BCUT2D eigenvalue weighted by atomic mass is 16.5. The van der Waals surface area contributed by atoms with E-state index >= 15 is 0 Å². The summed E-state index contributed by atoms with van der Waals surface area (Å²) in [5.41, 5.74) is 0.404. The number of unbranched alkanes of at least 4 members (excludes halogenated alkanes) is 6. The molecule has 30 heavy (non-hydrogen) atoms. The monoisotopic (exact) mass is 412 g/mol. The molecule has 0 aliphatic carbocycles. The first kappa shape index (κ1) is 23.1. The fourth-order valence-electron chi connectivity index (χ4n) is 2.90. The summed E-state index contributed by atoms with van der Waals surface area (Å²) in [5.74, 6) is -1.29. The van der Waals surface area contributed by atoms with Gasteiger partial charge in [-0.2, -0.15) is 0 Å². The van der Waals surface area contributed by atoms with Crippen molar-refractivity contribution in [2.24, 2.45) is 0 Å². The molecule has 2 aromatic rings. The van der Waals surface area contributed by atoms with Gasteiger partial charge in [-0.25, -0.2) is 9.59 Å². The number of hydrogen-bond acceptors (Lipinski definition) is 5. The van der Waals surface area contributed by atoms with E-state index in [0.717, 1.165) is 19.3 Å². The molecule has 0 saturated carbocycles. The third-order valence-electron chi connectivity index (χ3n) is 4.62. The molecule has 160 valence electrons. The Morgan fingerprint density at radius 1 is 0.700 bits per heavy atom. The normalized spacial score (nSPS) is 10.4. The van der Waals surface area contributed by atoms with Gasteiger partial charge in [0.2, 0.25) is 0 Å². The standard InChI is InChI=1S/C24H28O6/c1-2-3-4-5-6-7-8-9-22(25)29-20-16-12-19(13-17-20)24(28)30-21-14-10-18(11-15-21)23(26)27/h10-17H,2-9H2,1H3,(H,26,27). The van der Waals surface area contributed by atoms with Crippen molar-refractivity contribution in [3.63, 3.8) is 0 Å². The highest BCUT2D eigenvalue weighted by molar-refractivity contribution is 5.91. The van der Waals surface area contributed by atoms with Crippen LogP contribution < -0.4 is 9.47 Å². The van der Waals surface area contributed by atoms with Gasteiger partial charge in [-0.15, -0.1) is 0 Å². The van der Waals surface area contributed by atoms with Crippen LogP contribution in [-0.2, 0) is 4.79 Å². The van der Waals surface area contributed by atoms with E-state index in [1.807, 2.05) is 0 Å². The molecule has 0 heterocycles. The highest BCUT2D eigenvalue weighted by Gasteiger charge is 2.11. The van der Waals surface area contributed by atoms with Crippen LogP contribution in [0, 0.1) is 0 Å². The van der Waals surface area contributed by atoms with Crippen molar-refractivity contribution in [3.8, 4) is 11.5 Å². The lowest BCUT2D eigenvalue weighted by atomic mass is 10.1. The molecule has 0 radical (unpaired) electrons. The Morgan fingerprint density at radius 3 is 1.77 bits per heavy atom. The van der Waals surface area contributed by atoms with Crippen molar-refractivity contribution in [1.82, 2.24) is 0 Å². The van der Waals surface area contributed by atoms with E-state index in [-0.39, 0.29) is 17.3 Å². The average Bonchev–Trinajstić information content (AvgIpc) is 2.74. The van der Waals surface area contributed by atoms with Crippen molar-refractivity contribution < 1.29 is 29.0 Å². The maximum absolute atomic E-state index is 12.2. The van der Waals surface area contributed by atoms with Crippen LogP contribution in [0.3, 0.4) is 0 Å². The lowest BCUT2D eigenvalue weighted by Gasteiger charge is -2.07. The van der Waals surface area contributed by atoms with Crippen molar-refractivity contribution in [2.45, 2.75) is 58.3 Å². The van der Waals surface area contributed by atoms with Crippen LogP contribution in [0.2, 0.25) is 0 Å². The summed E-state index contributed by atoms with van der Waals surface area (Å²) in [7, 11) is 0. The average molecular weight is 412 g/mol. The molecule has 2 aromatic carbocycles. The van der Waals surface area contributed by atoms with E-state index in [0.29, 0.717) is 17.7 Å².